The Hall–Kier alpha value is -3.66. The molecule has 0 aromatic heterocycles. The summed E-state index contributed by atoms with van der Waals surface area (Å²) in [5.41, 5.74) is -1.28. The van der Waals surface area contributed by atoms with Gasteiger partial charge in [0.15, 0.2) is 0 Å². The molecule has 0 aliphatic rings. The maximum absolute atomic E-state index is 12.1. The van der Waals surface area contributed by atoms with Gasteiger partial charge < -0.3 is 0 Å². The van der Waals surface area contributed by atoms with E-state index in [0.717, 1.165) is 12.1 Å². The minimum atomic E-state index is -4.75. The predicted octanol–water partition coefficient (Wildman–Crippen LogP) is 14.4. The van der Waals surface area contributed by atoms with Crippen LogP contribution in [0.4, 0.5) is 39.5 Å². The molecule has 0 heterocycles. The first-order chi connectivity index (χ1) is 21.0. The molecular formula is C35H32Cl3F9. The van der Waals surface area contributed by atoms with Gasteiger partial charge in [0, 0.05) is 21.1 Å². The van der Waals surface area contributed by atoms with Crippen LogP contribution in [0, 0.1) is 24.4 Å². The molecule has 5 aromatic rings. The van der Waals surface area contributed by atoms with E-state index in [1.54, 1.807) is 30.3 Å². The molecule has 0 atom stereocenters. The van der Waals surface area contributed by atoms with Gasteiger partial charge in [0.25, 0.3) is 0 Å². The lowest BCUT2D eigenvalue weighted by Gasteiger charge is -2.10. The summed E-state index contributed by atoms with van der Waals surface area (Å²) in [7, 11) is 0. The van der Waals surface area contributed by atoms with Crippen molar-refractivity contribution in [3.63, 3.8) is 0 Å². The molecule has 0 N–H and O–H groups in total. The lowest BCUT2D eigenvalue weighted by molar-refractivity contribution is -0.143. The second kappa shape index (κ2) is 22.8. The van der Waals surface area contributed by atoms with Crippen LogP contribution in [0.1, 0.15) is 31.5 Å². The zero-order valence-electron chi connectivity index (χ0n) is 23.2. The molecule has 5 rings (SSSR count). The van der Waals surface area contributed by atoms with Gasteiger partial charge in [-0.3, -0.25) is 0 Å². The van der Waals surface area contributed by atoms with Crippen molar-refractivity contribution in [2.24, 2.45) is 0 Å². The molecule has 12 heteroatoms. The van der Waals surface area contributed by atoms with Crippen LogP contribution in [0.3, 0.4) is 0 Å². The van der Waals surface area contributed by atoms with Crippen LogP contribution in [0.25, 0.3) is 0 Å². The van der Waals surface area contributed by atoms with Gasteiger partial charge in [-0.1, -0.05) is 110 Å². The number of alkyl halides is 6. The topological polar surface area (TPSA) is 0 Å². The quantitative estimate of drug-likeness (QED) is 0.139. The van der Waals surface area contributed by atoms with Crippen LogP contribution in [0.2, 0.25) is 15.1 Å². The third kappa shape index (κ3) is 21.7. The first-order valence-electron chi connectivity index (χ1n) is 12.5. The van der Waals surface area contributed by atoms with Gasteiger partial charge in [0.05, 0.1) is 11.1 Å². The van der Waals surface area contributed by atoms with E-state index in [0.29, 0.717) is 27.2 Å². The van der Waals surface area contributed by atoms with E-state index in [1.165, 1.54) is 35.9 Å². The molecule has 0 saturated carbocycles. The number of hydrogen-bond donors (Lipinski definition) is 0. The number of aryl methyl sites for hydroxylation is 1. The third-order valence-corrected chi connectivity index (χ3v) is 5.52. The summed E-state index contributed by atoms with van der Waals surface area (Å²) >= 11 is 16.5. The van der Waals surface area contributed by atoms with E-state index < -0.39 is 35.1 Å². The second-order valence-corrected chi connectivity index (χ2v) is 9.86. The molecule has 0 bridgehead atoms. The SMILES string of the molecule is C.C.Cc1ccccc1.Clc1cccc(Cl)c1.FC(F)(F)c1cccc(C(F)(F)F)c1.Fc1cccc(Cl)c1.Fc1cccc(F)c1. The Morgan fingerprint density at radius 1 is 0.404 bits per heavy atom. The summed E-state index contributed by atoms with van der Waals surface area (Å²) in [4.78, 5) is 0. The Balaban J connectivity index is 0. The van der Waals surface area contributed by atoms with E-state index in [2.05, 4.69) is 19.1 Å². The number of halogens is 12. The minimum absolute atomic E-state index is 0. The van der Waals surface area contributed by atoms with Gasteiger partial charge in [-0.05, 0) is 73.7 Å². The average Bonchev–Trinajstić information content (AvgIpc) is 2.94. The Bertz CT molecular complexity index is 1370. The highest BCUT2D eigenvalue weighted by Crippen LogP contribution is 2.34. The van der Waals surface area contributed by atoms with Crippen molar-refractivity contribution in [2.75, 3.05) is 0 Å². The largest absolute Gasteiger partial charge is 0.416 e. The fourth-order valence-electron chi connectivity index (χ4n) is 2.79. The van der Waals surface area contributed by atoms with Crippen LogP contribution in [-0.2, 0) is 12.4 Å². The van der Waals surface area contributed by atoms with Crippen LogP contribution in [0.15, 0.2) is 127 Å². The van der Waals surface area contributed by atoms with Crippen molar-refractivity contribution in [1.29, 1.82) is 0 Å². The standard InChI is InChI=1S/C8H4F6.C7H8.C6H4Cl2.C6H4ClF.C6H4F2.2CH4/c9-7(10,11)5-2-1-3-6(4-5)8(12,13)14;1-7-5-3-2-4-6-7;3*7-5-2-1-3-6(8)4-5;;/h1-4H;2-6H,1H3;3*1-4H;2*1H4. The Morgan fingerprint density at radius 2 is 0.745 bits per heavy atom. The molecule has 0 aliphatic carbocycles. The molecule has 0 radical (unpaired) electrons. The molecule has 47 heavy (non-hydrogen) atoms. The van der Waals surface area contributed by atoms with E-state index in [-0.39, 0.29) is 26.7 Å². The highest BCUT2D eigenvalue weighted by Gasteiger charge is 2.35. The fourth-order valence-corrected chi connectivity index (χ4v) is 3.40. The van der Waals surface area contributed by atoms with Crippen LogP contribution in [0.5, 0.6) is 0 Å². The van der Waals surface area contributed by atoms with Crippen molar-refractivity contribution in [1.82, 2.24) is 0 Å². The maximum Gasteiger partial charge on any atom is 0.416 e. The number of rotatable bonds is 0. The number of hydrogen-bond acceptors (Lipinski definition) is 0. The van der Waals surface area contributed by atoms with Gasteiger partial charge in [0.1, 0.15) is 17.5 Å². The normalized spacial score (nSPS) is 9.89. The van der Waals surface area contributed by atoms with Gasteiger partial charge in [-0.25, -0.2) is 13.2 Å². The van der Waals surface area contributed by atoms with Gasteiger partial charge in [0.2, 0.25) is 0 Å². The number of benzene rings is 5. The average molecular weight is 730 g/mol. The van der Waals surface area contributed by atoms with E-state index in [9.17, 15) is 39.5 Å². The van der Waals surface area contributed by atoms with Crippen molar-refractivity contribution in [3.8, 4) is 0 Å². The zero-order valence-corrected chi connectivity index (χ0v) is 25.4. The Labute approximate surface area is 284 Å². The van der Waals surface area contributed by atoms with Gasteiger partial charge in [-0.2, -0.15) is 26.3 Å². The zero-order chi connectivity index (χ0) is 34.0. The van der Waals surface area contributed by atoms with Crippen LogP contribution in [-0.4, -0.2) is 0 Å². The first kappa shape index (κ1) is 45.5. The second-order valence-electron chi connectivity index (χ2n) is 8.55. The Morgan fingerprint density at radius 3 is 0.979 bits per heavy atom. The van der Waals surface area contributed by atoms with Crippen molar-refractivity contribution in [2.45, 2.75) is 34.1 Å². The molecule has 0 aliphatic heterocycles. The third-order valence-electron chi connectivity index (χ3n) is 4.82. The summed E-state index contributed by atoms with van der Waals surface area (Å²) in [5.74, 6) is -1.37. The van der Waals surface area contributed by atoms with Gasteiger partial charge >= 0.3 is 12.4 Å². The monoisotopic (exact) mass is 728 g/mol. The molecule has 256 valence electrons. The molecule has 0 fully saturated rings. The van der Waals surface area contributed by atoms with E-state index >= 15 is 0 Å². The molecule has 5 aromatic carbocycles. The summed E-state index contributed by atoms with van der Waals surface area (Å²) in [6.45, 7) is 2.08. The maximum atomic E-state index is 12.1. The van der Waals surface area contributed by atoms with Crippen LogP contribution < -0.4 is 0 Å². The highest BCUT2D eigenvalue weighted by atomic mass is 35.5. The van der Waals surface area contributed by atoms with E-state index in [1.807, 2.05) is 24.3 Å². The molecule has 0 spiro atoms. The smallest absolute Gasteiger partial charge is 0.207 e. The summed E-state index contributed by atoms with van der Waals surface area (Å²) in [6, 6.07) is 29.7. The Kier molecular flexibility index (Phi) is 22.1. The lowest BCUT2D eigenvalue weighted by Crippen LogP contribution is -2.09. The molecular weight excluding hydrogens is 698 g/mol. The van der Waals surface area contributed by atoms with Crippen molar-refractivity contribution in [3.05, 3.63) is 177 Å². The van der Waals surface area contributed by atoms with Crippen molar-refractivity contribution >= 4 is 34.8 Å². The van der Waals surface area contributed by atoms with Crippen LogP contribution >= 0.6 is 34.8 Å². The summed E-state index contributed by atoms with van der Waals surface area (Å²) < 4.78 is 108. The summed E-state index contributed by atoms with van der Waals surface area (Å²) in [6.07, 6.45) is -9.50. The van der Waals surface area contributed by atoms with E-state index in [4.69, 9.17) is 34.8 Å². The first-order valence-corrected chi connectivity index (χ1v) is 13.6. The minimum Gasteiger partial charge on any atom is -0.207 e. The lowest BCUT2D eigenvalue weighted by atomic mass is 10.1. The predicted molar refractivity (Wildman–Crippen MR) is 175 cm³/mol. The molecule has 0 nitrogen and oxygen atoms in total. The van der Waals surface area contributed by atoms with Gasteiger partial charge in [-0.15, -0.1) is 0 Å². The molecule has 0 amide bonds. The highest BCUT2D eigenvalue weighted by molar-refractivity contribution is 6.34. The fraction of sp³-hybridized carbons (Fsp3) is 0.143. The van der Waals surface area contributed by atoms with Crippen molar-refractivity contribution < 1.29 is 39.5 Å². The molecule has 0 saturated heterocycles. The molecule has 0 unspecified atom stereocenters. The summed E-state index contributed by atoms with van der Waals surface area (Å²) in [5, 5.41) is 1.79.